The first-order valence-electron chi connectivity index (χ1n) is 7.00. The minimum atomic E-state index is -4.74. The van der Waals surface area contributed by atoms with Gasteiger partial charge < -0.3 is 10.5 Å². The molecule has 0 aliphatic carbocycles. The van der Waals surface area contributed by atoms with Crippen molar-refractivity contribution in [3.8, 4) is 22.6 Å². The van der Waals surface area contributed by atoms with E-state index in [4.69, 9.17) is 5.73 Å². The maximum atomic E-state index is 12.2. The molecule has 0 aliphatic rings. The lowest BCUT2D eigenvalue weighted by atomic mass is 10.1. The fraction of sp³-hybridized carbons (Fsp3) is 0.0625. The molecule has 2 aromatic carbocycles. The second-order valence-electron chi connectivity index (χ2n) is 4.98. The van der Waals surface area contributed by atoms with E-state index in [-0.39, 0.29) is 11.6 Å². The molecule has 0 spiro atoms. The van der Waals surface area contributed by atoms with Gasteiger partial charge in [-0.1, -0.05) is 24.3 Å². The van der Waals surface area contributed by atoms with Crippen LogP contribution in [0.2, 0.25) is 0 Å². The number of rotatable bonds is 4. The molecule has 0 aliphatic heterocycles. The molecule has 3 rings (SSSR count). The van der Waals surface area contributed by atoms with Gasteiger partial charge in [-0.3, -0.25) is 4.79 Å². The van der Waals surface area contributed by atoms with E-state index in [1.807, 2.05) is 0 Å². The maximum Gasteiger partial charge on any atom is 0.573 e. The number of benzene rings is 2. The standard InChI is InChI=1S/C16H11F3N4O2/c17-16(18,19)25-13-6-4-10(5-7-13)11-2-1-3-12(8-11)23-15(14(20)24)21-9-22-23/h1-9H,(H2,20,24). The summed E-state index contributed by atoms with van der Waals surface area (Å²) in [5, 5.41) is 3.96. The summed E-state index contributed by atoms with van der Waals surface area (Å²) in [6, 6.07) is 12.3. The summed E-state index contributed by atoms with van der Waals surface area (Å²) in [5.41, 5.74) is 7.16. The number of halogens is 3. The summed E-state index contributed by atoms with van der Waals surface area (Å²) in [6.07, 6.45) is -3.53. The van der Waals surface area contributed by atoms with E-state index in [9.17, 15) is 18.0 Å². The van der Waals surface area contributed by atoms with Crippen LogP contribution in [-0.4, -0.2) is 27.0 Å². The second kappa shape index (κ2) is 6.27. The normalized spacial score (nSPS) is 11.3. The first-order chi connectivity index (χ1) is 11.8. The monoisotopic (exact) mass is 348 g/mol. The van der Waals surface area contributed by atoms with Crippen LogP contribution < -0.4 is 10.5 Å². The van der Waals surface area contributed by atoms with Gasteiger partial charge in [-0.25, -0.2) is 9.67 Å². The van der Waals surface area contributed by atoms with Crippen molar-refractivity contribution in [1.82, 2.24) is 14.8 Å². The van der Waals surface area contributed by atoms with Gasteiger partial charge in [-0.15, -0.1) is 13.2 Å². The van der Waals surface area contributed by atoms with Crippen LogP contribution >= 0.6 is 0 Å². The molecular formula is C16H11F3N4O2. The number of hydrogen-bond donors (Lipinski definition) is 1. The van der Waals surface area contributed by atoms with Crippen molar-refractivity contribution < 1.29 is 22.7 Å². The van der Waals surface area contributed by atoms with Crippen LogP contribution in [-0.2, 0) is 0 Å². The topological polar surface area (TPSA) is 83.0 Å². The lowest BCUT2D eigenvalue weighted by Crippen LogP contribution is -2.18. The molecule has 1 aromatic heterocycles. The largest absolute Gasteiger partial charge is 0.573 e. The van der Waals surface area contributed by atoms with Gasteiger partial charge >= 0.3 is 6.36 Å². The number of aromatic nitrogens is 3. The van der Waals surface area contributed by atoms with Crippen molar-refractivity contribution in [1.29, 1.82) is 0 Å². The Morgan fingerprint density at radius 1 is 1.08 bits per heavy atom. The van der Waals surface area contributed by atoms with Crippen LogP contribution in [0.25, 0.3) is 16.8 Å². The zero-order chi connectivity index (χ0) is 18.0. The Morgan fingerprint density at radius 3 is 2.44 bits per heavy atom. The smallest absolute Gasteiger partial charge is 0.406 e. The molecule has 0 fully saturated rings. The van der Waals surface area contributed by atoms with Crippen molar-refractivity contribution in [3.63, 3.8) is 0 Å². The molecule has 0 unspecified atom stereocenters. The highest BCUT2D eigenvalue weighted by molar-refractivity contribution is 5.89. The zero-order valence-electron chi connectivity index (χ0n) is 12.6. The Kier molecular flexibility index (Phi) is 4.14. The summed E-state index contributed by atoms with van der Waals surface area (Å²) in [4.78, 5) is 15.2. The number of carbonyl (C=O) groups is 1. The van der Waals surface area contributed by atoms with Crippen molar-refractivity contribution in [3.05, 3.63) is 60.7 Å². The molecular weight excluding hydrogens is 337 g/mol. The van der Waals surface area contributed by atoms with Gasteiger partial charge in [0.25, 0.3) is 5.91 Å². The van der Waals surface area contributed by atoms with Gasteiger partial charge in [0.15, 0.2) is 0 Å². The minimum Gasteiger partial charge on any atom is -0.406 e. The molecule has 25 heavy (non-hydrogen) atoms. The first-order valence-corrected chi connectivity index (χ1v) is 7.00. The molecule has 1 amide bonds. The van der Waals surface area contributed by atoms with Gasteiger partial charge in [0.1, 0.15) is 12.1 Å². The van der Waals surface area contributed by atoms with Gasteiger partial charge in [0.05, 0.1) is 5.69 Å². The van der Waals surface area contributed by atoms with E-state index in [1.54, 1.807) is 24.3 Å². The third-order valence-corrected chi connectivity index (χ3v) is 3.28. The number of hydrogen-bond acceptors (Lipinski definition) is 4. The highest BCUT2D eigenvalue weighted by Gasteiger charge is 2.30. The molecule has 0 saturated heterocycles. The Balaban J connectivity index is 1.91. The number of ether oxygens (including phenoxy) is 1. The molecule has 128 valence electrons. The molecule has 9 heteroatoms. The molecule has 3 aromatic rings. The predicted octanol–water partition coefficient (Wildman–Crippen LogP) is 2.93. The van der Waals surface area contributed by atoms with Gasteiger partial charge in [0, 0.05) is 0 Å². The van der Waals surface area contributed by atoms with E-state index in [2.05, 4.69) is 14.8 Å². The van der Waals surface area contributed by atoms with Crippen LogP contribution in [0.15, 0.2) is 54.9 Å². The van der Waals surface area contributed by atoms with E-state index in [0.717, 1.165) is 0 Å². The molecule has 0 bridgehead atoms. The molecule has 0 saturated carbocycles. The summed E-state index contributed by atoms with van der Waals surface area (Å²) in [7, 11) is 0. The summed E-state index contributed by atoms with van der Waals surface area (Å²) in [5.74, 6) is -1.05. The highest BCUT2D eigenvalue weighted by Crippen LogP contribution is 2.27. The van der Waals surface area contributed by atoms with E-state index in [0.29, 0.717) is 16.8 Å². The van der Waals surface area contributed by atoms with Crippen molar-refractivity contribution in [2.45, 2.75) is 6.36 Å². The van der Waals surface area contributed by atoms with Crippen molar-refractivity contribution >= 4 is 5.91 Å². The lowest BCUT2D eigenvalue weighted by Gasteiger charge is -2.10. The number of primary amides is 1. The van der Waals surface area contributed by atoms with E-state index in [1.165, 1.54) is 35.3 Å². The molecule has 6 nitrogen and oxygen atoms in total. The minimum absolute atomic E-state index is 0.0222. The highest BCUT2D eigenvalue weighted by atomic mass is 19.4. The Labute approximate surface area is 139 Å². The number of carbonyl (C=O) groups excluding carboxylic acids is 1. The number of nitrogens with zero attached hydrogens (tertiary/aromatic N) is 3. The average molecular weight is 348 g/mol. The van der Waals surface area contributed by atoms with Crippen molar-refractivity contribution in [2.75, 3.05) is 0 Å². The predicted molar refractivity (Wildman–Crippen MR) is 82.0 cm³/mol. The number of alkyl halides is 3. The Morgan fingerprint density at radius 2 is 1.80 bits per heavy atom. The quantitative estimate of drug-likeness (QED) is 0.786. The van der Waals surface area contributed by atoms with Crippen LogP contribution in [0.1, 0.15) is 10.6 Å². The number of nitrogens with two attached hydrogens (primary N) is 1. The SMILES string of the molecule is NC(=O)c1ncnn1-c1cccc(-c2ccc(OC(F)(F)F)cc2)c1. The Hall–Kier alpha value is -3.36. The molecule has 0 radical (unpaired) electrons. The zero-order valence-corrected chi connectivity index (χ0v) is 12.6. The van der Waals surface area contributed by atoms with Gasteiger partial charge in [-0.05, 0) is 35.4 Å². The molecule has 1 heterocycles. The number of amides is 1. The lowest BCUT2D eigenvalue weighted by molar-refractivity contribution is -0.274. The van der Waals surface area contributed by atoms with E-state index < -0.39 is 12.3 Å². The summed E-state index contributed by atoms with van der Waals surface area (Å²) in [6.45, 7) is 0. The summed E-state index contributed by atoms with van der Waals surface area (Å²) < 4.78 is 41.7. The van der Waals surface area contributed by atoms with Crippen LogP contribution in [0.3, 0.4) is 0 Å². The van der Waals surface area contributed by atoms with Gasteiger partial charge in [-0.2, -0.15) is 5.10 Å². The fourth-order valence-electron chi connectivity index (χ4n) is 2.26. The summed E-state index contributed by atoms with van der Waals surface area (Å²) >= 11 is 0. The second-order valence-corrected chi connectivity index (χ2v) is 4.98. The molecule has 2 N–H and O–H groups in total. The molecule has 0 atom stereocenters. The fourth-order valence-corrected chi connectivity index (χ4v) is 2.26. The van der Waals surface area contributed by atoms with E-state index >= 15 is 0 Å². The first kappa shape index (κ1) is 16.5. The van der Waals surface area contributed by atoms with Crippen LogP contribution in [0, 0.1) is 0 Å². The third kappa shape index (κ3) is 3.77. The van der Waals surface area contributed by atoms with Crippen LogP contribution in [0.4, 0.5) is 13.2 Å². The van der Waals surface area contributed by atoms with Crippen molar-refractivity contribution in [2.24, 2.45) is 5.73 Å². The average Bonchev–Trinajstić information content (AvgIpc) is 3.04. The Bertz CT molecular complexity index is 904. The third-order valence-electron chi connectivity index (χ3n) is 3.28. The maximum absolute atomic E-state index is 12.2. The van der Waals surface area contributed by atoms with Crippen LogP contribution in [0.5, 0.6) is 5.75 Å². The van der Waals surface area contributed by atoms with Gasteiger partial charge in [0.2, 0.25) is 5.82 Å².